The SMILES string of the molecule is COCCCn1cnnc1[C@H](C)NC(=O)c1csc(C(C)=O)c1. The van der Waals surface area contributed by atoms with Gasteiger partial charge in [-0.1, -0.05) is 0 Å². The van der Waals surface area contributed by atoms with E-state index in [0.29, 0.717) is 22.9 Å². The summed E-state index contributed by atoms with van der Waals surface area (Å²) in [6.45, 7) is 4.72. The number of thiophene rings is 1. The van der Waals surface area contributed by atoms with E-state index >= 15 is 0 Å². The summed E-state index contributed by atoms with van der Waals surface area (Å²) in [7, 11) is 1.66. The summed E-state index contributed by atoms with van der Waals surface area (Å²) in [5.74, 6) is 0.421. The van der Waals surface area contributed by atoms with Crippen LogP contribution in [0.4, 0.5) is 0 Å². The van der Waals surface area contributed by atoms with Crippen LogP contribution in [0.1, 0.15) is 52.2 Å². The van der Waals surface area contributed by atoms with Crippen molar-refractivity contribution in [1.29, 1.82) is 0 Å². The van der Waals surface area contributed by atoms with Crippen molar-refractivity contribution in [2.24, 2.45) is 0 Å². The number of carbonyl (C=O) groups excluding carboxylic acids is 2. The molecule has 0 unspecified atom stereocenters. The van der Waals surface area contributed by atoms with Crippen LogP contribution in [0.5, 0.6) is 0 Å². The normalized spacial score (nSPS) is 12.1. The summed E-state index contributed by atoms with van der Waals surface area (Å²) in [5.41, 5.74) is 0.484. The van der Waals surface area contributed by atoms with Crippen LogP contribution < -0.4 is 5.32 Å². The quantitative estimate of drug-likeness (QED) is 0.589. The number of methoxy groups -OCH3 is 1. The number of ketones is 1. The maximum absolute atomic E-state index is 12.3. The lowest BCUT2D eigenvalue weighted by Gasteiger charge is -2.14. The molecule has 2 rings (SSSR count). The van der Waals surface area contributed by atoms with Gasteiger partial charge in [-0.15, -0.1) is 21.5 Å². The molecule has 7 nitrogen and oxygen atoms in total. The fraction of sp³-hybridized carbons (Fsp3) is 0.467. The highest BCUT2D eigenvalue weighted by Gasteiger charge is 2.18. The van der Waals surface area contributed by atoms with Crippen LogP contribution in [0.15, 0.2) is 17.8 Å². The Morgan fingerprint density at radius 1 is 1.48 bits per heavy atom. The third-order valence-electron chi connectivity index (χ3n) is 3.34. The first kappa shape index (κ1) is 17.3. The number of aryl methyl sites for hydroxylation is 1. The second-order valence-electron chi connectivity index (χ2n) is 5.18. The summed E-state index contributed by atoms with van der Waals surface area (Å²) >= 11 is 1.27. The Morgan fingerprint density at radius 3 is 2.91 bits per heavy atom. The van der Waals surface area contributed by atoms with Crippen LogP contribution >= 0.6 is 11.3 Å². The van der Waals surface area contributed by atoms with Gasteiger partial charge in [-0.3, -0.25) is 9.59 Å². The standard InChI is InChI=1S/C15H20N4O3S/c1-10(14-18-16-9-19(14)5-4-6-22-3)17-15(21)12-7-13(11(2)20)23-8-12/h7-10H,4-6H2,1-3H3,(H,17,21)/t10-/m0/s1. The lowest BCUT2D eigenvalue weighted by atomic mass is 10.2. The number of nitrogens with zero attached hydrogens (tertiary/aromatic N) is 3. The molecule has 1 atom stereocenters. The van der Waals surface area contributed by atoms with Crippen molar-refractivity contribution >= 4 is 23.0 Å². The maximum atomic E-state index is 12.3. The molecule has 23 heavy (non-hydrogen) atoms. The highest BCUT2D eigenvalue weighted by molar-refractivity contribution is 7.12. The Morgan fingerprint density at radius 2 is 2.26 bits per heavy atom. The topological polar surface area (TPSA) is 86.1 Å². The van der Waals surface area contributed by atoms with E-state index in [2.05, 4.69) is 15.5 Å². The molecular weight excluding hydrogens is 316 g/mol. The highest BCUT2D eigenvalue weighted by atomic mass is 32.1. The van der Waals surface area contributed by atoms with Crippen molar-refractivity contribution in [3.63, 3.8) is 0 Å². The lowest BCUT2D eigenvalue weighted by molar-refractivity contribution is 0.0937. The van der Waals surface area contributed by atoms with Gasteiger partial charge >= 0.3 is 0 Å². The van der Waals surface area contributed by atoms with E-state index in [0.717, 1.165) is 13.0 Å². The summed E-state index contributed by atoms with van der Waals surface area (Å²) < 4.78 is 6.94. The van der Waals surface area contributed by atoms with Crippen LogP contribution in [0.25, 0.3) is 0 Å². The van der Waals surface area contributed by atoms with Gasteiger partial charge in [-0.25, -0.2) is 0 Å². The average molecular weight is 336 g/mol. The number of amides is 1. The van der Waals surface area contributed by atoms with Crippen LogP contribution in [-0.2, 0) is 11.3 Å². The van der Waals surface area contributed by atoms with Crippen LogP contribution in [0, 0.1) is 0 Å². The molecule has 0 aromatic carbocycles. The Kier molecular flexibility index (Phi) is 6.00. The molecule has 0 fully saturated rings. The molecule has 2 aromatic heterocycles. The minimum atomic E-state index is -0.284. The van der Waals surface area contributed by atoms with Gasteiger partial charge in [0.25, 0.3) is 5.91 Å². The number of ether oxygens (including phenoxy) is 1. The molecule has 124 valence electrons. The van der Waals surface area contributed by atoms with Crippen molar-refractivity contribution in [1.82, 2.24) is 20.1 Å². The van der Waals surface area contributed by atoms with Crippen molar-refractivity contribution < 1.29 is 14.3 Å². The number of carbonyl (C=O) groups is 2. The molecule has 1 amide bonds. The molecule has 0 radical (unpaired) electrons. The first-order chi connectivity index (χ1) is 11.0. The number of aromatic nitrogens is 3. The fourth-order valence-electron chi connectivity index (χ4n) is 2.14. The Hall–Kier alpha value is -2.06. The summed E-state index contributed by atoms with van der Waals surface area (Å²) in [6.07, 6.45) is 2.49. The molecule has 0 aliphatic carbocycles. The second kappa shape index (κ2) is 7.98. The summed E-state index contributed by atoms with van der Waals surface area (Å²) in [6, 6.07) is 1.33. The van der Waals surface area contributed by atoms with E-state index in [4.69, 9.17) is 4.74 Å². The van der Waals surface area contributed by atoms with Crippen molar-refractivity contribution in [2.45, 2.75) is 32.9 Å². The molecule has 0 saturated carbocycles. The maximum Gasteiger partial charge on any atom is 0.252 e. The molecule has 0 aliphatic heterocycles. The van der Waals surface area contributed by atoms with Crippen molar-refractivity contribution in [2.75, 3.05) is 13.7 Å². The summed E-state index contributed by atoms with van der Waals surface area (Å²) in [5, 5.41) is 12.6. The zero-order chi connectivity index (χ0) is 16.8. The van der Waals surface area contributed by atoms with Gasteiger partial charge in [-0.2, -0.15) is 0 Å². The van der Waals surface area contributed by atoms with E-state index in [9.17, 15) is 9.59 Å². The lowest BCUT2D eigenvalue weighted by Crippen LogP contribution is -2.28. The molecule has 2 aromatic rings. The van der Waals surface area contributed by atoms with Gasteiger partial charge in [0.15, 0.2) is 11.6 Å². The number of Topliss-reactive ketones (excluding diaryl/α,β-unsaturated/α-hetero) is 1. The van der Waals surface area contributed by atoms with Crippen LogP contribution in [-0.4, -0.2) is 40.2 Å². The molecule has 1 N–H and O–H groups in total. The third kappa shape index (κ3) is 4.46. The minimum absolute atomic E-state index is 0.0417. The molecule has 0 spiro atoms. The monoisotopic (exact) mass is 336 g/mol. The summed E-state index contributed by atoms with van der Waals surface area (Å²) in [4.78, 5) is 24.1. The van der Waals surface area contributed by atoms with Gasteiger partial charge in [-0.05, 0) is 26.3 Å². The first-order valence-corrected chi connectivity index (χ1v) is 8.18. The minimum Gasteiger partial charge on any atom is -0.385 e. The smallest absolute Gasteiger partial charge is 0.252 e. The van der Waals surface area contributed by atoms with E-state index in [-0.39, 0.29) is 17.7 Å². The number of hydrogen-bond donors (Lipinski definition) is 1. The van der Waals surface area contributed by atoms with Crippen molar-refractivity contribution in [3.8, 4) is 0 Å². The zero-order valence-corrected chi connectivity index (χ0v) is 14.2. The van der Waals surface area contributed by atoms with E-state index in [1.807, 2.05) is 11.5 Å². The average Bonchev–Trinajstić information content (AvgIpc) is 3.16. The first-order valence-electron chi connectivity index (χ1n) is 7.30. The van der Waals surface area contributed by atoms with Gasteiger partial charge < -0.3 is 14.6 Å². The van der Waals surface area contributed by atoms with Crippen molar-refractivity contribution in [3.05, 3.63) is 34.0 Å². The van der Waals surface area contributed by atoms with E-state index < -0.39 is 0 Å². The second-order valence-corrected chi connectivity index (χ2v) is 6.09. The molecule has 0 aliphatic rings. The van der Waals surface area contributed by atoms with Crippen LogP contribution in [0.2, 0.25) is 0 Å². The largest absolute Gasteiger partial charge is 0.385 e. The molecule has 0 bridgehead atoms. The van der Waals surface area contributed by atoms with E-state index in [1.165, 1.54) is 18.3 Å². The molecule has 0 saturated heterocycles. The molecular formula is C15H20N4O3S. The van der Waals surface area contributed by atoms with E-state index in [1.54, 1.807) is 24.9 Å². The van der Waals surface area contributed by atoms with Gasteiger partial charge in [0.2, 0.25) is 0 Å². The Bertz CT molecular complexity index is 680. The number of nitrogens with one attached hydrogen (secondary N) is 1. The molecule has 8 heteroatoms. The fourth-order valence-corrected chi connectivity index (χ4v) is 2.93. The zero-order valence-electron chi connectivity index (χ0n) is 13.4. The van der Waals surface area contributed by atoms with Gasteiger partial charge in [0.05, 0.1) is 16.5 Å². The number of hydrogen-bond acceptors (Lipinski definition) is 6. The Labute approximate surface area is 138 Å². The highest BCUT2D eigenvalue weighted by Crippen LogP contribution is 2.17. The number of rotatable bonds is 8. The molecule has 2 heterocycles. The van der Waals surface area contributed by atoms with Crippen LogP contribution in [0.3, 0.4) is 0 Å². The van der Waals surface area contributed by atoms with Gasteiger partial charge in [0, 0.05) is 25.6 Å². The Balaban J connectivity index is 2.00. The van der Waals surface area contributed by atoms with Gasteiger partial charge in [0.1, 0.15) is 6.33 Å². The predicted octanol–water partition coefficient (Wildman–Crippen LogP) is 2.07. The predicted molar refractivity (Wildman–Crippen MR) is 86.7 cm³/mol. The third-order valence-corrected chi connectivity index (χ3v) is 4.37.